The molecular formula is C13H19ClN4O2. The van der Waals surface area contributed by atoms with Crippen LogP contribution in [0.15, 0.2) is 18.2 Å². The van der Waals surface area contributed by atoms with Crippen molar-refractivity contribution in [1.29, 1.82) is 0 Å². The molecule has 0 aromatic heterocycles. The Bertz CT molecular complexity index is 517. The maximum absolute atomic E-state index is 12.1. The average molecular weight is 299 g/mol. The van der Waals surface area contributed by atoms with Gasteiger partial charge in [-0.15, -0.1) is 0 Å². The fraction of sp³-hybridized carbons (Fsp3) is 0.385. The minimum absolute atomic E-state index is 0.152. The molecule has 1 aromatic carbocycles. The second kappa shape index (κ2) is 6.58. The van der Waals surface area contributed by atoms with Crippen molar-refractivity contribution in [3.05, 3.63) is 28.8 Å². The number of anilines is 1. The predicted molar refractivity (Wildman–Crippen MR) is 79.4 cm³/mol. The van der Waals surface area contributed by atoms with Crippen molar-refractivity contribution in [3.63, 3.8) is 0 Å². The lowest BCUT2D eigenvalue weighted by atomic mass is 9.92. The van der Waals surface area contributed by atoms with Gasteiger partial charge in [0, 0.05) is 18.6 Å². The van der Waals surface area contributed by atoms with Gasteiger partial charge in [0.25, 0.3) is 5.91 Å². The third-order valence-electron chi connectivity index (χ3n) is 2.91. The van der Waals surface area contributed by atoms with Crippen molar-refractivity contribution < 1.29 is 9.59 Å². The number of benzene rings is 1. The number of nitrogens with two attached hydrogens (primary N) is 1. The van der Waals surface area contributed by atoms with E-state index in [2.05, 4.69) is 16.1 Å². The highest BCUT2D eigenvalue weighted by atomic mass is 35.5. The monoisotopic (exact) mass is 298 g/mol. The van der Waals surface area contributed by atoms with Crippen LogP contribution in [0.25, 0.3) is 0 Å². The van der Waals surface area contributed by atoms with E-state index >= 15 is 0 Å². The van der Waals surface area contributed by atoms with Crippen LogP contribution < -0.4 is 21.9 Å². The number of hydrogen-bond donors (Lipinski definition) is 4. The first-order valence-corrected chi connectivity index (χ1v) is 6.46. The standard InChI is InChI=1S/C13H19ClN4O2/c1-13(2,12(20)16-3)7-17-11(19)9-6-8(14)4-5-10(9)18-15/h4-6,18H,7,15H2,1-3H3,(H,16,20)(H,17,19). The highest BCUT2D eigenvalue weighted by molar-refractivity contribution is 6.31. The number of hydrogen-bond acceptors (Lipinski definition) is 4. The Balaban J connectivity index is 2.82. The molecule has 0 fully saturated rings. The smallest absolute Gasteiger partial charge is 0.253 e. The van der Waals surface area contributed by atoms with Crippen LogP contribution >= 0.6 is 11.6 Å². The SMILES string of the molecule is CNC(=O)C(C)(C)CNC(=O)c1cc(Cl)ccc1NN. The quantitative estimate of drug-likeness (QED) is 0.484. The van der Waals surface area contributed by atoms with Gasteiger partial charge in [0.05, 0.1) is 16.7 Å². The molecule has 0 atom stereocenters. The number of nitrogen functional groups attached to an aromatic ring is 1. The molecule has 0 aliphatic heterocycles. The zero-order valence-electron chi connectivity index (χ0n) is 11.7. The van der Waals surface area contributed by atoms with Crippen LogP contribution in [-0.2, 0) is 4.79 Å². The number of rotatable bonds is 5. The van der Waals surface area contributed by atoms with Gasteiger partial charge in [0.1, 0.15) is 0 Å². The van der Waals surface area contributed by atoms with E-state index in [1.165, 1.54) is 6.07 Å². The Morgan fingerprint density at radius 2 is 2.00 bits per heavy atom. The van der Waals surface area contributed by atoms with Crippen molar-refractivity contribution in [2.75, 3.05) is 19.0 Å². The lowest BCUT2D eigenvalue weighted by Crippen LogP contribution is -2.43. The van der Waals surface area contributed by atoms with Gasteiger partial charge >= 0.3 is 0 Å². The minimum Gasteiger partial charge on any atom is -0.359 e. The van der Waals surface area contributed by atoms with Crippen LogP contribution in [0, 0.1) is 5.41 Å². The van der Waals surface area contributed by atoms with Gasteiger partial charge < -0.3 is 16.1 Å². The van der Waals surface area contributed by atoms with E-state index < -0.39 is 5.41 Å². The summed E-state index contributed by atoms with van der Waals surface area (Å²) in [6.07, 6.45) is 0. The number of amides is 2. The van der Waals surface area contributed by atoms with Crippen molar-refractivity contribution in [2.24, 2.45) is 11.3 Å². The Kier molecular flexibility index (Phi) is 5.35. The van der Waals surface area contributed by atoms with E-state index in [9.17, 15) is 9.59 Å². The van der Waals surface area contributed by atoms with Gasteiger partial charge in [0.15, 0.2) is 0 Å². The highest BCUT2D eigenvalue weighted by Crippen LogP contribution is 2.20. The minimum atomic E-state index is -0.709. The van der Waals surface area contributed by atoms with Crippen LogP contribution in [-0.4, -0.2) is 25.4 Å². The third-order valence-corrected chi connectivity index (χ3v) is 3.15. The predicted octanol–water partition coefficient (Wildman–Crippen LogP) is 1.13. The maximum Gasteiger partial charge on any atom is 0.253 e. The molecule has 2 amide bonds. The molecule has 0 saturated carbocycles. The Hall–Kier alpha value is -1.79. The molecule has 1 aromatic rings. The van der Waals surface area contributed by atoms with Crippen LogP contribution in [0.1, 0.15) is 24.2 Å². The zero-order valence-corrected chi connectivity index (χ0v) is 12.5. The van der Waals surface area contributed by atoms with E-state index in [4.69, 9.17) is 17.4 Å². The normalized spacial score (nSPS) is 10.8. The summed E-state index contributed by atoms with van der Waals surface area (Å²) in [5, 5.41) is 5.69. The van der Waals surface area contributed by atoms with Crippen molar-refractivity contribution in [3.8, 4) is 0 Å². The van der Waals surface area contributed by atoms with E-state index in [1.54, 1.807) is 33.0 Å². The maximum atomic E-state index is 12.1. The second-order valence-corrected chi connectivity index (χ2v) is 5.42. The van der Waals surface area contributed by atoms with E-state index in [0.717, 1.165) is 0 Å². The van der Waals surface area contributed by atoms with Gasteiger partial charge in [-0.2, -0.15) is 0 Å². The molecule has 0 radical (unpaired) electrons. The molecular weight excluding hydrogens is 280 g/mol. The van der Waals surface area contributed by atoms with Crippen molar-refractivity contribution in [2.45, 2.75) is 13.8 Å². The fourth-order valence-corrected chi connectivity index (χ4v) is 1.82. The molecule has 0 bridgehead atoms. The second-order valence-electron chi connectivity index (χ2n) is 4.98. The van der Waals surface area contributed by atoms with Crippen molar-refractivity contribution >= 4 is 29.1 Å². The molecule has 0 spiro atoms. The topological polar surface area (TPSA) is 96.2 Å². The van der Waals surface area contributed by atoms with Gasteiger partial charge in [-0.1, -0.05) is 11.6 Å². The van der Waals surface area contributed by atoms with Crippen LogP contribution in [0.4, 0.5) is 5.69 Å². The average Bonchev–Trinajstić information content (AvgIpc) is 2.43. The van der Waals surface area contributed by atoms with E-state index in [0.29, 0.717) is 16.3 Å². The van der Waals surface area contributed by atoms with E-state index in [1.807, 2.05) is 0 Å². The Morgan fingerprint density at radius 3 is 2.55 bits per heavy atom. The van der Waals surface area contributed by atoms with Gasteiger partial charge in [0.2, 0.25) is 5.91 Å². The molecule has 6 nitrogen and oxygen atoms in total. The summed E-state index contributed by atoms with van der Waals surface area (Å²) in [6.45, 7) is 3.68. The molecule has 5 N–H and O–H groups in total. The summed E-state index contributed by atoms with van der Waals surface area (Å²) in [6, 6.07) is 4.75. The Labute approximate surface area is 123 Å². The first-order chi connectivity index (χ1) is 9.31. The molecule has 20 heavy (non-hydrogen) atoms. The van der Waals surface area contributed by atoms with Crippen LogP contribution in [0.2, 0.25) is 5.02 Å². The summed E-state index contributed by atoms with van der Waals surface area (Å²) in [7, 11) is 1.55. The molecule has 0 unspecified atom stereocenters. The first-order valence-electron chi connectivity index (χ1n) is 6.08. The summed E-state index contributed by atoms with van der Waals surface area (Å²) in [5.74, 6) is 4.85. The molecule has 110 valence electrons. The zero-order chi connectivity index (χ0) is 15.3. The highest BCUT2D eigenvalue weighted by Gasteiger charge is 2.27. The van der Waals surface area contributed by atoms with Gasteiger partial charge in [-0.3, -0.25) is 15.4 Å². The lowest BCUT2D eigenvalue weighted by molar-refractivity contribution is -0.128. The summed E-state index contributed by atoms with van der Waals surface area (Å²) in [4.78, 5) is 23.8. The molecule has 1 rings (SSSR count). The molecule has 7 heteroatoms. The molecule has 0 heterocycles. The first kappa shape index (κ1) is 16.3. The Morgan fingerprint density at radius 1 is 1.35 bits per heavy atom. The summed E-state index contributed by atoms with van der Waals surface area (Å²) in [5.41, 5.74) is 2.52. The number of hydrazine groups is 1. The summed E-state index contributed by atoms with van der Waals surface area (Å²) >= 11 is 5.87. The van der Waals surface area contributed by atoms with Gasteiger partial charge in [-0.05, 0) is 32.0 Å². The summed E-state index contributed by atoms with van der Waals surface area (Å²) < 4.78 is 0. The third kappa shape index (κ3) is 3.85. The number of halogens is 1. The van der Waals surface area contributed by atoms with Crippen LogP contribution in [0.3, 0.4) is 0 Å². The lowest BCUT2D eigenvalue weighted by Gasteiger charge is -2.23. The van der Waals surface area contributed by atoms with Gasteiger partial charge in [-0.25, -0.2) is 0 Å². The van der Waals surface area contributed by atoms with Crippen molar-refractivity contribution in [1.82, 2.24) is 10.6 Å². The molecule has 0 saturated heterocycles. The van der Waals surface area contributed by atoms with E-state index in [-0.39, 0.29) is 18.4 Å². The number of nitrogens with one attached hydrogen (secondary N) is 3. The number of carbonyl (C=O) groups excluding carboxylic acids is 2. The number of carbonyl (C=O) groups is 2. The fourth-order valence-electron chi connectivity index (χ4n) is 1.65. The molecule has 0 aliphatic carbocycles. The molecule has 0 aliphatic rings. The van der Waals surface area contributed by atoms with Crippen LogP contribution in [0.5, 0.6) is 0 Å². The largest absolute Gasteiger partial charge is 0.359 e.